The quantitative estimate of drug-likeness (QED) is 0.501. The van der Waals surface area contributed by atoms with Crippen molar-refractivity contribution in [3.05, 3.63) is 59.9 Å². The van der Waals surface area contributed by atoms with Gasteiger partial charge in [-0.1, -0.05) is 25.1 Å². The number of nitrogens with zero attached hydrogens (tertiary/aromatic N) is 1. The summed E-state index contributed by atoms with van der Waals surface area (Å²) in [7, 11) is 0. The summed E-state index contributed by atoms with van der Waals surface area (Å²) in [5.74, 6) is -2.51. The van der Waals surface area contributed by atoms with Crippen LogP contribution in [-0.2, 0) is 16.1 Å². The van der Waals surface area contributed by atoms with Crippen LogP contribution in [-0.4, -0.2) is 28.1 Å². The standard InChI is InChI=1S/C23H28N4O3/c1-22(2,3)27-21(30)18-17(20(29)26-13-14-9-7-8-12-25-14)23(18,4)19(28)15-10-5-6-11-16(15)24/h5-12,17-18H,13,24H2,1-4H3,(H,26,29)(H,27,30)/t17-,18+,23+/m0/s1. The molecule has 4 N–H and O–H groups in total. The van der Waals surface area contributed by atoms with Crippen molar-refractivity contribution in [3.63, 3.8) is 0 Å². The molecule has 30 heavy (non-hydrogen) atoms. The van der Waals surface area contributed by atoms with Gasteiger partial charge < -0.3 is 16.4 Å². The van der Waals surface area contributed by atoms with E-state index < -0.39 is 22.8 Å². The van der Waals surface area contributed by atoms with Crippen LogP contribution < -0.4 is 16.4 Å². The number of rotatable bonds is 6. The molecule has 7 nitrogen and oxygen atoms in total. The highest BCUT2D eigenvalue weighted by molar-refractivity contribution is 6.14. The third kappa shape index (κ3) is 4.20. The number of nitrogen functional groups attached to an aromatic ring is 1. The van der Waals surface area contributed by atoms with Gasteiger partial charge in [-0.2, -0.15) is 0 Å². The van der Waals surface area contributed by atoms with Crippen LogP contribution in [0.1, 0.15) is 43.7 Å². The van der Waals surface area contributed by atoms with Gasteiger partial charge >= 0.3 is 0 Å². The molecule has 1 saturated carbocycles. The van der Waals surface area contributed by atoms with Gasteiger partial charge in [0, 0.05) is 23.0 Å². The Balaban J connectivity index is 1.86. The Morgan fingerprint density at radius 2 is 1.67 bits per heavy atom. The minimum atomic E-state index is -1.17. The number of hydrogen-bond acceptors (Lipinski definition) is 5. The Labute approximate surface area is 176 Å². The Hall–Kier alpha value is -3.22. The van der Waals surface area contributed by atoms with Gasteiger partial charge in [-0.25, -0.2) is 0 Å². The van der Waals surface area contributed by atoms with E-state index in [4.69, 9.17) is 5.73 Å². The van der Waals surface area contributed by atoms with E-state index in [1.165, 1.54) is 0 Å². The highest BCUT2D eigenvalue weighted by atomic mass is 16.2. The Kier molecular flexibility index (Phi) is 5.65. The number of amides is 2. The number of benzene rings is 1. The van der Waals surface area contributed by atoms with E-state index in [0.29, 0.717) is 16.9 Å². The molecule has 2 amide bonds. The molecule has 3 atom stereocenters. The number of nitrogens with two attached hydrogens (primary N) is 1. The fourth-order valence-electron chi connectivity index (χ4n) is 3.87. The molecule has 2 aromatic rings. The van der Waals surface area contributed by atoms with E-state index in [9.17, 15) is 14.4 Å². The van der Waals surface area contributed by atoms with E-state index in [-0.39, 0.29) is 24.1 Å². The van der Waals surface area contributed by atoms with Gasteiger partial charge in [0.1, 0.15) is 0 Å². The van der Waals surface area contributed by atoms with Gasteiger partial charge in [-0.3, -0.25) is 19.4 Å². The van der Waals surface area contributed by atoms with Gasteiger partial charge in [0.2, 0.25) is 11.8 Å². The van der Waals surface area contributed by atoms with Crippen molar-refractivity contribution in [3.8, 4) is 0 Å². The number of pyridine rings is 1. The van der Waals surface area contributed by atoms with Crippen molar-refractivity contribution in [2.75, 3.05) is 5.73 Å². The second kappa shape index (κ2) is 7.89. The van der Waals surface area contributed by atoms with Crippen LogP contribution in [0.25, 0.3) is 0 Å². The maximum absolute atomic E-state index is 13.4. The summed E-state index contributed by atoms with van der Waals surface area (Å²) in [5, 5.41) is 5.72. The molecule has 1 aliphatic rings. The Morgan fingerprint density at radius 3 is 2.27 bits per heavy atom. The van der Waals surface area contributed by atoms with E-state index in [0.717, 1.165) is 0 Å². The van der Waals surface area contributed by atoms with Gasteiger partial charge in [-0.05, 0) is 45.0 Å². The molecule has 0 bridgehead atoms. The predicted octanol–water partition coefficient (Wildman–Crippen LogP) is 2.33. The molecule has 1 aliphatic carbocycles. The average molecular weight is 409 g/mol. The molecule has 3 rings (SSSR count). The first-order valence-electron chi connectivity index (χ1n) is 9.94. The molecular weight excluding hydrogens is 380 g/mol. The van der Waals surface area contributed by atoms with Crippen LogP contribution in [0.2, 0.25) is 0 Å². The van der Waals surface area contributed by atoms with Crippen LogP contribution in [0.4, 0.5) is 5.69 Å². The molecule has 0 radical (unpaired) electrons. The molecule has 1 fully saturated rings. The summed E-state index contributed by atoms with van der Waals surface area (Å²) in [4.78, 5) is 43.5. The summed E-state index contributed by atoms with van der Waals surface area (Å²) in [6, 6.07) is 12.1. The van der Waals surface area contributed by atoms with Crippen LogP contribution >= 0.6 is 0 Å². The molecule has 158 valence electrons. The topological polar surface area (TPSA) is 114 Å². The molecule has 7 heteroatoms. The van der Waals surface area contributed by atoms with Crippen molar-refractivity contribution in [1.82, 2.24) is 15.6 Å². The lowest BCUT2D eigenvalue weighted by atomic mass is 9.91. The van der Waals surface area contributed by atoms with E-state index in [1.54, 1.807) is 49.5 Å². The number of aromatic nitrogens is 1. The zero-order valence-corrected chi connectivity index (χ0v) is 17.7. The van der Waals surface area contributed by atoms with E-state index >= 15 is 0 Å². The molecule has 0 saturated heterocycles. The number of carbonyl (C=O) groups is 3. The van der Waals surface area contributed by atoms with Crippen molar-refractivity contribution in [1.29, 1.82) is 0 Å². The smallest absolute Gasteiger partial charge is 0.225 e. The van der Waals surface area contributed by atoms with Crippen LogP contribution in [0.15, 0.2) is 48.7 Å². The zero-order valence-electron chi connectivity index (χ0n) is 17.7. The Bertz CT molecular complexity index is 968. The van der Waals surface area contributed by atoms with Crippen molar-refractivity contribution >= 4 is 23.3 Å². The van der Waals surface area contributed by atoms with E-state index in [2.05, 4.69) is 15.6 Å². The third-order valence-corrected chi connectivity index (χ3v) is 5.44. The highest BCUT2D eigenvalue weighted by Gasteiger charge is 2.72. The van der Waals surface area contributed by atoms with Crippen molar-refractivity contribution in [2.45, 2.75) is 39.8 Å². The minimum absolute atomic E-state index is 0.224. The first-order valence-corrected chi connectivity index (χ1v) is 9.94. The lowest BCUT2D eigenvalue weighted by Gasteiger charge is -2.21. The first kappa shape index (κ1) is 21.5. The van der Waals surface area contributed by atoms with Gasteiger partial charge in [0.05, 0.1) is 29.5 Å². The largest absolute Gasteiger partial charge is 0.398 e. The number of anilines is 1. The maximum Gasteiger partial charge on any atom is 0.225 e. The molecule has 1 aromatic carbocycles. The minimum Gasteiger partial charge on any atom is -0.398 e. The fourth-order valence-corrected chi connectivity index (χ4v) is 3.87. The van der Waals surface area contributed by atoms with Crippen LogP contribution in [0.5, 0.6) is 0 Å². The van der Waals surface area contributed by atoms with Crippen LogP contribution in [0.3, 0.4) is 0 Å². The lowest BCUT2D eigenvalue weighted by molar-refractivity contribution is -0.128. The SMILES string of the molecule is CC(C)(C)NC(=O)[C@H]1[C@@H](C(=O)NCc2ccccn2)[C@@]1(C)C(=O)c1ccccc1N. The molecule has 1 heterocycles. The summed E-state index contributed by atoms with van der Waals surface area (Å²) < 4.78 is 0. The van der Waals surface area contributed by atoms with E-state index in [1.807, 2.05) is 26.8 Å². The lowest BCUT2D eigenvalue weighted by Crippen LogP contribution is -2.43. The highest BCUT2D eigenvalue weighted by Crippen LogP contribution is 2.61. The first-order chi connectivity index (χ1) is 14.1. The van der Waals surface area contributed by atoms with Gasteiger partial charge in [-0.15, -0.1) is 0 Å². The Morgan fingerprint density at radius 1 is 1.03 bits per heavy atom. The number of para-hydroxylation sites is 1. The second-order valence-electron chi connectivity index (χ2n) is 8.93. The molecule has 0 spiro atoms. The summed E-state index contributed by atoms with van der Waals surface area (Å²) in [6.45, 7) is 7.47. The second-order valence-corrected chi connectivity index (χ2v) is 8.93. The van der Waals surface area contributed by atoms with Crippen molar-refractivity contribution in [2.24, 2.45) is 17.3 Å². The number of carbonyl (C=O) groups excluding carboxylic acids is 3. The van der Waals surface area contributed by atoms with Crippen LogP contribution in [0, 0.1) is 17.3 Å². The molecule has 0 unspecified atom stereocenters. The fraction of sp³-hybridized carbons (Fsp3) is 0.391. The molecule has 0 aliphatic heterocycles. The predicted molar refractivity (Wildman–Crippen MR) is 114 cm³/mol. The van der Waals surface area contributed by atoms with Crippen molar-refractivity contribution < 1.29 is 14.4 Å². The normalized spacial score (nSPS) is 22.8. The number of hydrogen-bond donors (Lipinski definition) is 3. The van der Waals surface area contributed by atoms with Gasteiger partial charge in [0.25, 0.3) is 0 Å². The maximum atomic E-state index is 13.4. The molecule has 1 aromatic heterocycles. The third-order valence-electron chi connectivity index (χ3n) is 5.44. The average Bonchev–Trinajstić information content (AvgIpc) is 3.33. The van der Waals surface area contributed by atoms with Gasteiger partial charge in [0.15, 0.2) is 5.78 Å². The summed E-state index contributed by atoms with van der Waals surface area (Å²) in [6.07, 6.45) is 1.64. The number of ketones is 1. The zero-order chi connectivity index (χ0) is 22.1. The summed E-state index contributed by atoms with van der Waals surface area (Å²) >= 11 is 0. The monoisotopic (exact) mass is 408 g/mol. The number of nitrogens with one attached hydrogen (secondary N) is 2. The molecular formula is C23H28N4O3. The summed E-state index contributed by atoms with van der Waals surface area (Å²) in [5.41, 5.74) is 5.70. The number of Topliss-reactive ketones (excluding diaryl/α,β-unsaturated/α-hetero) is 1.